The number of rotatable bonds is 4. The average Bonchev–Trinajstić information content (AvgIpc) is 3.26. The first kappa shape index (κ1) is 21.0. The van der Waals surface area contributed by atoms with Crippen molar-refractivity contribution in [3.8, 4) is 5.75 Å². The molecule has 0 bridgehead atoms. The Morgan fingerprint density at radius 2 is 1.97 bits per heavy atom. The molecule has 2 N–H and O–H groups in total. The van der Waals surface area contributed by atoms with E-state index in [1.165, 1.54) is 6.33 Å². The number of methoxy groups -OCH3 is 1. The summed E-state index contributed by atoms with van der Waals surface area (Å²) in [6.07, 6.45) is -1.87. The number of halogens is 3. The second-order valence-electron chi connectivity index (χ2n) is 8.12. The molecule has 4 heterocycles. The molecule has 5 rings (SSSR count). The number of aromatic nitrogens is 3. The van der Waals surface area contributed by atoms with Crippen molar-refractivity contribution in [2.24, 2.45) is 5.92 Å². The molecule has 1 fully saturated rings. The van der Waals surface area contributed by atoms with Gasteiger partial charge in [-0.25, -0.2) is 9.97 Å². The number of alkyl halides is 3. The molecule has 170 valence electrons. The van der Waals surface area contributed by atoms with E-state index < -0.39 is 17.5 Å². The summed E-state index contributed by atoms with van der Waals surface area (Å²) in [4.78, 5) is 10.6. The number of benzene rings is 1. The van der Waals surface area contributed by atoms with Gasteiger partial charge in [-0.1, -0.05) is 18.2 Å². The van der Waals surface area contributed by atoms with Crippen molar-refractivity contribution in [2.75, 3.05) is 32.2 Å². The number of nitrogens with one attached hydrogen (secondary N) is 2. The molecule has 32 heavy (non-hydrogen) atoms. The molecule has 0 spiro atoms. The van der Waals surface area contributed by atoms with E-state index in [9.17, 15) is 13.2 Å². The van der Waals surface area contributed by atoms with Gasteiger partial charge in [0.1, 0.15) is 29.2 Å². The summed E-state index contributed by atoms with van der Waals surface area (Å²) in [5, 5.41) is 3.69. The van der Waals surface area contributed by atoms with Crippen LogP contribution in [0.2, 0.25) is 0 Å². The summed E-state index contributed by atoms with van der Waals surface area (Å²) in [5.74, 6) is 0.944. The van der Waals surface area contributed by atoms with Gasteiger partial charge in [0.15, 0.2) is 0 Å². The Balaban J connectivity index is 1.58. The standard InChI is InChI=1S/C22H23F3N4O3/c1-30-21(6-8-31-9-7-21)15-11-32-16-5-3-2-4-13(16)18(15)29-20-14-10-17(22(23,24)25)28-19(14)26-12-27-20/h2-5,10,12,15,18H,6-9,11H2,1H3,(H2,26,27,28,29). The molecular weight excluding hydrogens is 425 g/mol. The maximum Gasteiger partial charge on any atom is 0.431 e. The molecule has 2 aromatic heterocycles. The molecule has 0 radical (unpaired) electrons. The van der Waals surface area contributed by atoms with Gasteiger partial charge in [-0.15, -0.1) is 0 Å². The Bertz CT molecular complexity index is 1110. The van der Waals surface area contributed by atoms with Gasteiger partial charge in [-0.05, 0) is 12.1 Å². The fraction of sp³-hybridized carbons (Fsp3) is 0.455. The smallest absolute Gasteiger partial charge is 0.431 e. The van der Waals surface area contributed by atoms with Crippen LogP contribution in [0.15, 0.2) is 36.7 Å². The van der Waals surface area contributed by atoms with Gasteiger partial charge in [-0.2, -0.15) is 13.2 Å². The molecule has 0 amide bonds. The summed E-state index contributed by atoms with van der Waals surface area (Å²) >= 11 is 0. The maximum absolute atomic E-state index is 13.3. The molecule has 1 saturated heterocycles. The van der Waals surface area contributed by atoms with Gasteiger partial charge in [0.2, 0.25) is 0 Å². The molecule has 2 aliphatic heterocycles. The Morgan fingerprint density at radius 3 is 2.72 bits per heavy atom. The van der Waals surface area contributed by atoms with Crippen LogP contribution in [-0.2, 0) is 15.7 Å². The molecule has 1 aromatic carbocycles. The molecule has 10 heteroatoms. The van der Waals surface area contributed by atoms with Gasteiger partial charge in [0.25, 0.3) is 0 Å². The number of ether oxygens (including phenoxy) is 3. The number of fused-ring (bicyclic) bond motifs is 2. The van der Waals surface area contributed by atoms with Crippen molar-refractivity contribution in [3.05, 3.63) is 47.9 Å². The number of hydrogen-bond acceptors (Lipinski definition) is 6. The SMILES string of the molecule is COC1(C2COc3ccccc3C2Nc2ncnc3[nH]c(C(F)(F)F)cc23)CCOCC1. The minimum absolute atomic E-state index is 0.114. The third-order valence-corrected chi connectivity index (χ3v) is 6.52. The zero-order valence-corrected chi connectivity index (χ0v) is 17.4. The number of hydrogen-bond donors (Lipinski definition) is 2. The predicted octanol–water partition coefficient (Wildman–Crippen LogP) is 4.33. The van der Waals surface area contributed by atoms with Crippen LogP contribution in [0.1, 0.15) is 30.1 Å². The Hall–Kier alpha value is -2.85. The van der Waals surface area contributed by atoms with Crippen LogP contribution >= 0.6 is 0 Å². The summed E-state index contributed by atoms with van der Waals surface area (Å²) in [5.41, 5.74) is -0.327. The maximum atomic E-state index is 13.3. The first-order valence-corrected chi connectivity index (χ1v) is 10.4. The fourth-order valence-corrected chi connectivity index (χ4v) is 4.79. The van der Waals surface area contributed by atoms with E-state index in [1.807, 2.05) is 24.3 Å². The summed E-state index contributed by atoms with van der Waals surface area (Å²) < 4.78 is 57.5. The van der Waals surface area contributed by atoms with Crippen LogP contribution in [0.5, 0.6) is 5.75 Å². The third-order valence-electron chi connectivity index (χ3n) is 6.52. The Kier molecular flexibility index (Phi) is 5.21. The molecule has 0 saturated carbocycles. The van der Waals surface area contributed by atoms with E-state index in [2.05, 4.69) is 20.3 Å². The first-order valence-electron chi connectivity index (χ1n) is 10.4. The van der Waals surface area contributed by atoms with Crippen LogP contribution in [0.3, 0.4) is 0 Å². The highest BCUT2D eigenvalue weighted by Crippen LogP contribution is 2.47. The minimum Gasteiger partial charge on any atom is -0.493 e. The normalized spacial score (nSPS) is 22.9. The zero-order chi connectivity index (χ0) is 22.3. The lowest BCUT2D eigenvalue weighted by molar-refractivity contribution is -0.140. The van der Waals surface area contributed by atoms with Crippen molar-refractivity contribution >= 4 is 16.9 Å². The second-order valence-corrected chi connectivity index (χ2v) is 8.12. The van der Waals surface area contributed by atoms with Crippen LogP contribution in [0.25, 0.3) is 11.0 Å². The van der Waals surface area contributed by atoms with Gasteiger partial charge in [0, 0.05) is 44.6 Å². The monoisotopic (exact) mass is 448 g/mol. The van der Waals surface area contributed by atoms with Crippen LogP contribution in [-0.4, -0.2) is 47.5 Å². The molecule has 7 nitrogen and oxygen atoms in total. The van der Waals surface area contributed by atoms with Gasteiger partial charge in [0.05, 0.1) is 23.6 Å². The lowest BCUT2D eigenvalue weighted by Gasteiger charge is -2.47. The highest BCUT2D eigenvalue weighted by atomic mass is 19.4. The topological polar surface area (TPSA) is 81.3 Å². The number of aromatic amines is 1. The lowest BCUT2D eigenvalue weighted by Crippen LogP contribution is -2.52. The van der Waals surface area contributed by atoms with E-state index in [0.717, 1.165) is 17.4 Å². The average molecular weight is 448 g/mol. The second kappa shape index (κ2) is 7.93. The van der Waals surface area contributed by atoms with E-state index >= 15 is 0 Å². The quantitative estimate of drug-likeness (QED) is 0.618. The van der Waals surface area contributed by atoms with Crippen LogP contribution in [0.4, 0.5) is 19.0 Å². The Morgan fingerprint density at radius 1 is 1.19 bits per heavy atom. The molecule has 2 aliphatic rings. The highest BCUT2D eigenvalue weighted by molar-refractivity contribution is 5.88. The van der Waals surface area contributed by atoms with Crippen molar-refractivity contribution in [1.29, 1.82) is 0 Å². The fourth-order valence-electron chi connectivity index (χ4n) is 4.79. The van der Waals surface area contributed by atoms with Crippen molar-refractivity contribution in [2.45, 2.75) is 30.7 Å². The summed E-state index contributed by atoms with van der Waals surface area (Å²) in [6.45, 7) is 1.55. The van der Waals surface area contributed by atoms with E-state index in [-0.39, 0.29) is 23.0 Å². The highest BCUT2D eigenvalue weighted by Gasteiger charge is 2.48. The zero-order valence-electron chi connectivity index (χ0n) is 17.4. The van der Waals surface area contributed by atoms with Crippen molar-refractivity contribution in [1.82, 2.24) is 15.0 Å². The lowest BCUT2D eigenvalue weighted by atomic mass is 9.74. The van der Waals surface area contributed by atoms with Gasteiger partial charge in [-0.3, -0.25) is 0 Å². The van der Waals surface area contributed by atoms with E-state index in [4.69, 9.17) is 14.2 Å². The number of anilines is 1. The summed E-state index contributed by atoms with van der Waals surface area (Å²) in [6, 6.07) is 8.40. The molecule has 2 atom stereocenters. The van der Waals surface area contributed by atoms with E-state index in [0.29, 0.717) is 38.5 Å². The third kappa shape index (κ3) is 3.57. The number of H-pyrrole nitrogens is 1. The van der Waals surface area contributed by atoms with Gasteiger partial charge < -0.3 is 24.5 Å². The Labute approximate surface area is 182 Å². The number of para-hydroxylation sites is 1. The molecule has 0 aliphatic carbocycles. The van der Waals surface area contributed by atoms with Gasteiger partial charge >= 0.3 is 6.18 Å². The first-order chi connectivity index (χ1) is 15.4. The minimum atomic E-state index is -4.51. The van der Waals surface area contributed by atoms with E-state index in [1.54, 1.807) is 7.11 Å². The summed E-state index contributed by atoms with van der Waals surface area (Å²) in [7, 11) is 1.69. The number of nitrogens with zero attached hydrogens (tertiary/aromatic N) is 2. The molecule has 3 aromatic rings. The van der Waals surface area contributed by atoms with Crippen LogP contribution < -0.4 is 10.1 Å². The van der Waals surface area contributed by atoms with Crippen LogP contribution in [0, 0.1) is 5.92 Å². The molecular formula is C22H23F3N4O3. The predicted molar refractivity (Wildman–Crippen MR) is 110 cm³/mol. The molecule has 2 unspecified atom stereocenters. The van der Waals surface area contributed by atoms with Crippen molar-refractivity contribution in [3.63, 3.8) is 0 Å². The largest absolute Gasteiger partial charge is 0.493 e. The van der Waals surface area contributed by atoms with Crippen molar-refractivity contribution < 1.29 is 27.4 Å².